The summed E-state index contributed by atoms with van der Waals surface area (Å²) < 4.78 is 5.12. The highest BCUT2D eigenvalue weighted by molar-refractivity contribution is 5.96. The van der Waals surface area contributed by atoms with Crippen LogP contribution in [-0.4, -0.2) is 24.0 Å². The largest absolute Gasteiger partial charge is 0.481 e. The smallest absolute Gasteiger partial charge is 0.231 e. The van der Waals surface area contributed by atoms with Gasteiger partial charge < -0.3 is 9.64 Å². The third-order valence-electron chi connectivity index (χ3n) is 4.16. The van der Waals surface area contributed by atoms with E-state index in [4.69, 9.17) is 4.74 Å². The van der Waals surface area contributed by atoms with Gasteiger partial charge in [0.15, 0.2) is 0 Å². The summed E-state index contributed by atoms with van der Waals surface area (Å²) in [6.45, 7) is 2.11. The summed E-state index contributed by atoms with van der Waals surface area (Å²) in [7, 11) is 1.58. The zero-order valence-electron chi connectivity index (χ0n) is 13.0. The second-order valence-corrected chi connectivity index (χ2v) is 5.66. The van der Waals surface area contributed by atoms with E-state index in [0.29, 0.717) is 12.3 Å². The number of aryl methyl sites for hydroxylation is 1. The number of hydrogen-bond acceptors (Lipinski definition) is 3. The van der Waals surface area contributed by atoms with Gasteiger partial charge in [0.1, 0.15) is 0 Å². The normalized spacial score (nSPS) is 17.0. The first-order chi connectivity index (χ1) is 10.7. The van der Waals surface area contributed by atoms with Crippen LogP contribution in [0.3, 0.4) is 0 Å². The lowest BCUT2D eigenvalue weighted by Gasteiger charge is -2.35. The molecule has 0 saturated carbocycles. The molecule has 0 fully saturated rings. The van der Waals surface area contributed by atoms with Crippen molar-refractivity contribution in [2.45, 2.75) is 32.2 Å². The maximum absolute atomic E-state index is 12.8. The summed E-state index contributed by atoms with van der Waals surface area (Å²) in [5.41, 5.74) is 3.22. The highest BCUT2D eigenvalue weighted by Crippen LogP contribution is 2.31. The van der Waals surface area contributed by atoms with Crippen LogP contribution in [-0.2, 0) is 17.6 Å². The Morgan fingerprint density at radius 2 is 2.18 bits per heavy atom. The summed E-state index contributed by atoms with van der Waals surface area (Å²) in [4.78, 5) is 18.8. The first kappa shape index (κ1) is 14.6. The van der Waals surface area contributed by atoms with Crippen molar-refractivity contribution < 1.29 is 9.53 Å². The van der Waals surface area contributed by atoms with Crippen LogP contribution in [0.1, 0.15) is 24.5 Å². The van der Waals surface area contributed by atoms with E-state index in [2.05, 4.69) is 18.0 Å². The van der Waals surface area contributed by atoms with Crippen molar-refractivity contribution in [3.63, 3.8) is 0 Å². The van der Waals surface area contributed by atoms with E-state index in [-0.39, 0.29) is 11.9 Å². The molecule has 114 valence electrons. The van der Waals surface area contributed by atoms with Crippen LogP contribution in [0.15, 0.2) is 42.6 Å². The van der Waals surface area contributed by atoms with E-state index >= 15 is 0 Å². The van der Waals surface area contributed by atoms with E-state index in [1.165, 1.54) is 5.56 Å². The minimum Gasteiger partial charge on any atom is -0.481 e. The van der Waals surface area contributed by atoms with E-state index in [1.807, 2.05) is 35.2 Å². The number of methoxy groups -OCH3 is 1. The number of carbonyl (C=O) groups is 1. The molecule has 1 atom stereocenters. The number of amides is 1. The van der Waals surface area contributed by atoms with Gasteiger partial charge in [-0.2, -0.15) is 0 Å². The van der Waals surface area contributed by atoms with Gasteiger partial charge in [0, 0.05) is 24.0 Å². The fourth-order valence-electron chi connectivity index (χ4n) is 3.00. The molecule has 0 spiro atoms. The van der Waals surface area contributed by atoms with Crippen molar-refractivity contribution >= 4 is 11.6 Å². The highest BCUT2D eigenvalue weighted by atomic mass is 16.5. The average Bonchev–Trinajstić information content (AvgIpc) is 2.54. The molecule has 1 amide bonds. The Hall–Kier alpha value is -2.36. The summed E-state index contributed by atoms with van der Waals surface area (Å²) >= 11 is 0. The van der Waals surface area contributed by atoms with Crippen molar-refractivity contribution in [3.8, 4) is 5.88 Å². The molecular formula is C18H20N2O2. The predicted molar refractivity (Wildman–Crippen MR) is 86.2 cm³/mol. The van der Waals surface area contributed by atoms with Crippen LogP contribution in [0, 0.1) is 0 Å². The second kappa shape index (κ2) is 6.18. The average molecular weight is 296 g/mol. The van der Waals surface area contributed by atoms with Gasteiger partial charge in [0.05, 0.1) is 13.5 Å². The lowest BCUT2D eigenvalue weighted by Crippen LogP contribution is -2.42. The van der Waals surface area contributed by atoms with Gasteiger partial charge in [0.25, 0.3) is 0 Å². The number of ether oxygens (including phenoxy) is 1. The molecule has 1 unspecified atom stereocenters. The molecule has 0 N–H and O–H groups in total. The highest BCUT2D eigenvalue weighted by Gasteiger charge is 2.27. The first-order valence-corrected chi connectivity index (χ1v) is 7.58. The Morgan fingerprint density at radius 3 is 3.00 bits per heavy atom. The molecule has 2 heterocycles. The number of para-hydroxylation sites is 1. The van der Waals surface area contributed by atoms with Crippen LogP contribution in [0.5, 0.6) is 5.88 Å². The first-order valence-electron chi connectivity index (χ1n) is 7.58. The molecule has 0 radical (unpaired) electrons. The molecule has 0 bridgehead atoms. The number of anilines is 1. The van der Waals surface area contributed by atoms with Crippen LogP contribution in [0.4, 0.5) is 5.69 Å². The number of aromatic nitrogens is 1. The van der Waals surface area contributed by atoms with Crippen molar-refractivity contribution in [1.29, 1.82) is 0 Å². The summed E-state index contributed by atoms with van der Waals surface area (Å²) in [5, 5.41) is 0. The number of pyridine rings is 1. The molecule has 0 aliphatic carbocycles. The molecule has 1 aliphatic heterocycles. The van der Waals surface area contributed by atoms with Gasteiger partial charge >= 0.3 is 0 Å². The maximum Gasteiger partial charge on any atom is 0.231 e. The molecule has 3 rings (SSSR count). The summed E-state index contributed by atoms with van der Waals surface area (Å²) in [5.74, 6) is 0.658. The molecule has 1 aromatic heterocycles. The van der Waals surface area contributed by atoms with Crippen LogP contribution < -0.4 is 9.64 Å². The third-order valence-corrected chi connectivity index (χ3v) is 4.16. The van der Waals surface area contributed by atoms with Crippen LogP contribution in [0.25, 0.3) is 0 Å². The van der Waals surface area contributed by atoms with Gasteiger partial charge in [-0.25, -0.2) is 4.98 Å². The van der Waals surface area contributed by atoms with Gasteiger partial charge in [-0.05, 0) is 43.0 Å². The van der Waals surface area contributed by atoms with Crippen molar-refractivity contribution in [2.75, 3.05) is 12.0 Å². The Labute approximate surface area is 130 Å². The predicted octanol–water partition coefficient (Wildman–Crippen LogP) is 3.00. The lowest BCUT2D eigenvalue weighted by molar-refractivity contribution is -0.118. The number of nitrogens with zero attached hydrogens (tertiary/aromatic N) is 2. The topological polar surface area (TPSA) is 42.4 Å². The van der Waals surface area contributed by atoms with E-state index in [9.17, 15) is 4.79 Å². The molecule has 2 aromatic rings. The minimum absolute atomic E-state index is 0.118. The standard InChI is InChI=1S/C18H20N2O2/c1-13-7-8-15-5-3-4-6-16(15)20(13)18(21)12-14-9-10-19-17(11-14)22-2/h3-6,9-11,13H,7-8,12H2,1-2H3. The molecule has 0 saturated heterocycles. The molecule has 22 heavy (non-hydrogen) atoms. The summed E-state index contributed by atoms with van der Waals surface area (Å²) in [6, 6.07) is 12.1. The Morgan fingerprint density at radius 1 is 1.36 bits per heavy atom. The fourth-order valence-corrected chi connectivity index (χ4v) is 3.00. The number of rotatable bonds is 3. The number of hydrogen-bond donors (Lipinski definition) is 0. The van der Waals surface area contributed by atoms with Crippen molar-refractivity contribution in [2.24, 2.45) is 0 Å². The second-order valence-electron chi connectivity index (χ2n) is 5.66. The Bertz CT molecular complexity index is 684. The van der Waals surface area contributed by atoms with Gasteiger partial charge in [-0.15, -0.1) is 0 Å². The Kier molecular flexibility index (Phi) is 4.09. The monoisotopic (exact) mass is 296 g/mol. The molecule has 4 heteroatoms. The zero-order chi connectivity index (χ0) is 15.5. The van der Waals surface area contributed by atoms with Gasteiger partial charge in [-0.1, -0.05) is 18.2 Å². The van der Waals surface area contributed by atoms with Gasteiger partial charge in [0.2, 0.25) is 11.8 Å². The number of carbonyl (C=O) groups excluding carboxylic acids is 1. The molecule has 4 nitrogen and oxygen atoms in total. The Balaban J connectivity index is 1.85. The third kappa shape index (κ3) is 2.82. The van der Waals surface area contributed by atoms with Crippen LogP contribution in [0.2, 0.25) is 0 Å². The molecule has 1 aromatic carbocycles. The number of fused-ring (bicyclic) bond motifs is 1. The van der Waals surface area contributed by atoms with E-state index in [0.717, 1.165) is 24.1 Å². The van der Waals surface area contributed by atoms with Gasteiger partial charge in [-0.3, -0.25) is 4.79 Å². The SMILES string of the molecule is COc1cc(CC(=O)N2c3ccccc3CCC2C)ccn1. The van der Waals surface area contributed by atoms with E-state index < -0.39 is 0 Å². The quantitative estimate of drug-likeness (QED) is 0.874. The van der Waals surface area contributed by atoms with Crippen LogP contribution >= 0.6 is 0 Å². The maximum atomic E-state index is 12.8. The van der Waals surface area contributed by atoms with Crippen molar-refractivity contribution in [3.05, 3.63) is 53.7 Å². The zero-order valence-corrected chi connectivity index (χ0v) is 13.0. The molecule has 1 aliphatic rings. The fraction of sp³-hybridized carbons (Fsp3) is 0.333. The van der Waals surface area contributed by atoms with E-state index in [1.54, 1.807) is 13.3 Å². The summed E-state index contributed by atoms with van der Waals surface area (Å²) in [6.07, 6.45) is 4.07. The molecular weight excluding hydrogens is 276 g/mol. The lowest BCUT2D eigenvalue weighted by atomic mass is 9.96. The van der Waals surface area contributed by atoms with Crippen molar-refractivity contribution in [1.82, 2.24) is 4.98 Å². The minimum atomic E-state index is 0.118. The number of benzene rings is 1.